The molecule has 0 aliphatic carbocycles. The number of anilines is 1. The molecule has 1 amide bonds. The van der Waals surface area contributed by atoms with Gasteiger partial charge in [0.15, 0.2) is 5.78 Å². The van der Waals surface area contributed by atoms with Gasteiger partial charge in [-0.05, 0) is 50.2 Å². The SMILES string of the molecule is CC(=O)c1ccc(N2CCN(C(=O)CSc3ccc(C)cc3)CC2)cc1. The average Bonchev–Trinajstić information content (AvgIpc) is 2.67. The van der Waals surface area contributed by atoms with E-state index < -0.39 is 0 Å². The van der Waals surface area contributed by atoms with Crippen LogP contribution in [0.1, 0.15) is 22.8 Å². The lowest BCUT2D eigenvalue weighted by molar-refractivity contribution is -0.128. The van der Waals surface area contributed by atoms with Gasteiger partial charge in [-0.3, -0.25) is 9.59 Å². The van der Waals surface area contributed by atoms with Crippen molar-refractivity contribution >= 4 is 29.1 Å². The van der Waals surface area contributed by atoms with Gasteiger partial charge in [0, 0.05) is 42.3 Å². The fraction of sp³-hybridized carbons (Fsp3) is 0.333. The molecule has 1 aliphatic rings. The predicted molar refractivity (Wildman–Crippen MR) is 107 cm³/mol. The average molecular weight is 369 g/mol. The van der Waals surface area contributed by atoms with E-state index in [-0.39, 0.29) is 11.7 Å². The van der Waals surface area contributed by atoms with Crippen LogP contribution in [0.2, 0.25) is 0 Å². The lowest BCUT2D eigenvalue weighted by atomic mass is 10.1. The Labute approximate surface area is 159 Å². The van der Waals surface area contributed by atoms with Crippen LogP contribution in [0.4, 0.5) is 5.69 Å². The lowest BCUT2D eigenvalue weighted by Crippen LogP contribution is -2.49. The van der Waals surface area contributed by atoms with E-state index in [4.69, 9.17) is 0 Å². The number of Topliss-reactive ketones (excluding diaryl/α,β-unsaturated/α-hetero) is 1. The second-order valence-corrected chi connectivity index (χ2v) is 7.62. The number of thioether (sulfide) groups is 1. The minimum Gasteiger partial charge on any atom is -0.368 e. The van der Waals surface area contributed by atoms with Crippen LogP contribution < -0.4 is 4.90 Å². The third-order valence-electron chi connectivity index (χ3n) is 4.65. The molecule has 1 saturated heterocycles. The van der Waals surface area contributed by atoms with Crippen molar-refractivity contribution in [2.24, 2.45) is 0 Å². The highest BCUT2D eigenvalue weighted by molar-refractivity contribution is 8.00. The Kier molecular flexibility index (Phi) is 5.99. The van der Waals surface area contributed by atoms with Gasteiger partial charge in [-0.15, -0.1) is 11.8 Å². The molecule has 1 fully saturated rings. The molecule has 1 aliphatic heterocycles. The molecular weight excluding hydrogens is 344 g/mol. The molecule has 0 bridgehead atoms. The van der Waals surface area contributed by atoms with Gasteiger partial charge >= 0.3 is 0 Å². The Morgan fingerprint density at radius 1 is 0.923 bits per heavy atom. The number of benzene rings is 2. The van der Waals surface area contributed by atoms with Gasteiger partial charge in [0.05, 0.1) is 5.75 Å². The van der Waals surface area contributed by atoms with Gasteiger partial charge in [-0.25, -0.2) is 0 Å². The summed E-state index contributed by atoms with van der Waals surface area (Å²) in [5, 5.41) is 0. The first-order valence-electron chi connectivity index (χ1n) is 8.86. The molecule has 26 heavy (non-hydrogen) atoms. The molecule has 0 atom stereocenters. The summed E-state index contributed by atoms with van der Waals surface area (Å²) in [7, 11) is 0. The standard InChI is InChI=1S/C21H24N2O2S/c1-16-3-9-20(10-4-16)26-15-21(25)23-13-11-22(12-14-23)19-7-5-18(6-8-19)17(2)24/h3-10H,11-15H2,1-2H3. The molecule has 4 nitrogen and oxygen atoms in total. The highest BCUT2D eigenvalue weighted by Crippen LogP contribution is 2.21. The Balaban J connectivity index is 1.48. The molecule has 0 unspecified atom stereocenters. The topological polar surface area (TPSA) is 40.6 Å². The first-order chi connectivity index (χ1) is 12.5. The maximum Gasteiger partial charge on any atom is 0.233 e. The van der Waals surface area contributed by atoms with Crippen molar-refractivity contribution in [2.45, 2.75) is 18.7 Å². The van der Waals surface area contributed by atoms with E-state index >= 15 is 0 Å². The van der Waals surface area contributed by atoms with Crippen LogP contribution in [-0.4, -0.2) is 48.5 Å². The highest BCUT2D eigenvalue weighted by Gasteiger charge is 2.21. The van der Waals surface area contributed by atoms with Crippen molar-refractivity contribution in [3.05, 3.63) is 59.7 Å². The molecule has 0 radical (unpaired) electrons. The number of piperazine rings is 1. The van der Waals surface area contributed by atoms with E-state index in [0.29, 0.717) is 5.75 Å². The largest absolute Gasteiger partial charge is 0.368 e. The first-order valence-corrected chi connectivity index (χ1v) is 9.85. The molecular formula is C21H24N2O2S. The number of carbonyl (C=O) groups is 2. The summed E-state index contributed by atoms with van der Waals surface area (Å²) in [6, 6.07) is 16.0. The van der Waals surface area contributed by atoms with E-state index in [0.717, 1.165) is 42.3 Å². The smallest absolute Gasteiger partial charge is 0.233 e. The predicted octanol–water partition coefficient (Wildman–Crippen LogP) is 3.64. The van der Waals surface area contributed by atoms with Gasteiger partial charge < -0.3 is 9.80 Å². The van der Waals surface area contributed by atoms with E-state index in [9.17, 15) is 9.59 Å². The fourth-order valence-corrected chi connectivity index (χ4v) is 3.79. The van der Waals surface area contributed by atoms with Gasteiger partial charge in [0.2, 0.25) is 5.91 Å². The maximum atomic E-state index is 12.5. The zero-order valence-corrected chi connectivity index (χ0v) is 16.1. The van der Waals surface area contributed by atoms with Crippen LogP contribution >= 0.6 is 11.8 Å². The number of nitrogens with zero attached hydrogens (tertiary/aromatic N) is 2. The Bertz CT molecular complexity index is 764. The third kappa shape index (κ3) is 4.67. The molecule has 136 valence electrons. The number of ketones is 1. The van der Waals surface area contributed by atoms with Crippen LogP contribution in [0, 0.1) is 6.92 Å². The van der Waals surface area contributed by atoms with E-state index in [2.05, 4.69) is 36.1 Å². The van der Waals surface area contributed by atoms with Crippen LogP contribution in [0.3, 0.4) is 0 Å². The summed E-state index contributed by atoms with van der Waals surface area (Å²) in [4.78, 5) is 29.2. The second-order valence-electron chi connectivity index (χ2n) is 6.57. The summed E-state index contributed by atoms with van der Waals surface area (Å²) >= 11 is 1.60. The van der Waals surface area contributed by atoms with Crippen LogP contribution in [0.5, 0.6) is 0 Å². The minimum absolute atomic E-state index is 0.0815. The molecule has 1 heterocycles. The van der Waals surface area contributed by atoms with Crippen molar-refractivity contribution < 1.29 is 9.59 Å². The van der Waals surface area contributed by atoms with Crippen molar-refractivity contribution in [1.29, 1.82) is 0 Å². The van der Waals surface area contributed by atoms with Gasteiger partial charge in [-0.1, -0.05) is 17.7 Å². The number of rotatable bonds is 5. The van der Waals surface area contributed by atoms with Crippen molar-refractivity contribution in [2.75, 3.05) is 36.8 Å². The summed E-state index contributed by atoms with van der Waals surface area (Å²) < 4.78 is 0. The van der Waals surface area contributed by atoms with Crippen LogP contribution in [-0.2, 0) is 4.79 Å². The van der Waals surface area contributed by atoms with E-state index in [1.807, 2.05) is 29.2 Å². The van der Waals surface area contributed by atoms with Crippen LogP contribution in [0.15, 0.2) is 53.4 Å². The van der Waals surface area contributed by atoms with Gasteiger partial charge in [-0.2, -0.15) is 0 Å². The molecule has 0 N–H and O–H groups in total. The second kappa shape index (κ2) is 8.41. The van der Waals surface area contributed by atoms with Crippen LogP contribution in [0.25, 0.3) is 0 Å². The zero-order valence-electron chi connectivity index (χ0n) is 15.3. The molecule has 2 aromatic carbocycles. The number of amides is 1. The van der Waals surface area contributed by atoms with Crippen molar-refractivity contribution in [3.8, 4) is 0 Å². The van der Waals surface area contributed by atoms with Crippen molar-refractivity contribution in [1.82, 2.24) is 4.90 Å². The fourth-order valence-electron chi connectivity index (χ4n) is 2.99. The third-order valence-corrected chi connectivity index (χ3v) is 5.65. The molecule has 0 saturated carbocycles. The summed E-state index contributed by atoms with van der Waals surface area (Å²) in [6.45, 7) is 6.75. The van der Waals surface area contributed by atoms with Crippen molar-refractivity contribution in [3.63, 3.8) is 0 Å². The molecule has 0 spiro atoms. The highest BCUT2D eigenvalue weighted by atomic mass is 32.2. The van der Waals surface area contributed by atoms with E-state index in [1.165, 1.54) is 5.56 Å². The molecule has 3 rings (SSSR count). The van der Waals surface area contributed by atoms with Gasteiger partial charge in [0.1, 0.15) is 0 Å². The van der Waals surface area contributed by atoms with Gasteiger partial charge in [0.25, 0.3) is 0 Å². The molecule has 2 aromatic rings. The first kappa shape index (κ1) is 18.5. The number of aryl methyl sites for hydroxylation is 1. The monoisotopic (exact) mass is 368 g/mol. The summed E-state index contributed by atoms with van der Waals surface area (Å²) in [5.74, 6) is 0.760. The quantitative estimate of drug-likeness (QED) is 0.597. The maximum absolute atomic E-state index is 12.5. The lowest BCUT2D eigenvalue weighted by Gasteiger charge is -2.36. The summed E-state index contributed by atoms with van der Waals surface area (Å²) in [6.07, 6.45) is 0. The summed E-state index contributed by atoms with van der Waals surface area (Å²) in [5.41, 5.74) is 3.07. The normalized spacial score (nSPS) is 14.4. The van der Waals surface area contributed by atoms with E-state index in [1.54, 1.807) is 18.7 Å². The minimum atomic E-state index is 0.0815. The molecule has 5 heteroatoms. The molecule has 0 aromatic heterocycles. The number of carbonyl (C=O) groups excluding carboxylic acids is 2. The zero-order chi connectivity index (χ0) is 18.5. The Hall–Kier alpha value is -2.27. The Morgan fingerprint density at radius 3 is 2.12 bits per heavy atom. The number of hydrogen-bond donors (Lipinski definition) is 0. The Morgan fingerprint density at radius 2 is 1.54 bits per heavy atom. The number of hydrogen-bond acceptors (Lipinski definition) is 4.